The Hall–Kier alpha value is -1.99. The second kappa shape index (κ2) is 36.0. The van der Waals surface area contributed by atoms with E-state index in [0.717, 1.165) is 70.6 Å². The molecule has 408 valence electrons. The highest BCUT2D eigenvalue weighted by molar-refractivity contribution is 5.76. The molecule has 3 heterocycles. The van der Waals surface area contributed by atoms with Gasteiger partial charge in [0.2, 0.25) is 5.91 Å². The normalized spacial score (nSPS) is 32.8. The highest BCUT2D eigenvalue weighted by atomic mass is 16.8. The van der Waals surface area contributed by atoms with Crippen LogP contribution >= 0.6 is 0 Å². The fourth-order valence-electron chi connectivity index (χ4n) is 8.75. The Morgan fingerprint density at radius 2 is 0.943 bits per heavy atom. The largest absolute Gasteiger partial charge is 0.394 e. The van der Waals surface area contributed by atoms with E-state index in [-0.39, 0.29) is 18.9 Å². The highest BCUT2D eigenvalue weighted by Crippen LogP contribution is 2.33. The molecule has 3 saturated heterocycles. The molecule has 19 heteroatoms. The van der Waals surface area contributed by atoms with Crippen LogP contribution in [-0.2, 0) is 33.2 Å². The molecule has 0 saturated carbocycles. The fraction of sp³-hybridized carbons (Fsp3) is 0.863. The predicted octanol–water partition coefficient (Wildman–Crippen LogP) is 2.20. The predicted molar refractivity (Wildman–Crippen MR) is 259 cm³/mol. The molecule has 3 rings (SSSR count). The van der Waals surface area contributed by atoms with Crippen molar-refractivity contribution in [2.45, 2.75) is 253 Å². The van der Waals surface area contributed by atoms with E-state index in [1.165, 1.54) is 51.4 Å². The minimum absolute atomic E-state index is 0.226. The Morgan fingerprint density at radius 1 is 0.514 bits per heavy atom. The maximum atomic E-state index is 13.2. The van der Waals surface area contributed by atoms with Gasteiger partial charge >= 0.3 is 0 Å². The average molecular weight is 1010 g/mol. The zero-order valence-electron chi connectivity index (χ0n) is 41.7. The van der Waals surface area contributed by atoms with Gasteiger partial charge in [-0.2, -0.15) is 0 Å². The van der Waals surface area contributed by atoms with Gasteiger partial charge in [-0.15, -0.1) is 0 Å². The smallest absolute Gasteiger partial charge is 0.220 e. The number of unbranched alkanes of at least 4 members (excludes halogenated alkanes) is 16. The van der Waals surface area contributed by atoms with Crippen LogP contribution < -0.4 is 5.32 Å². The SMILES string of the molecule is CCCCC/C=C\C/C=C\CCCCCCCC(=O)NC(COC1OC(CO)C(OC2OC(CO)C(OC3OC(CO)C(O)C(O)C3O)C(O)C2O)C(O)C1O)C(O)/C=C/CCCCCCCCCC. The lowest BCUT2D eigenvalue weighted by atomic mass is 9.96. The van der Waals surface area contributed by atoms with Crippen LogP contribution in [0.4, 0.5) is 0 Å². The monoisotopic (exact) mass is 1010 g/mol. The lowest BCUT2D eigenvalue weighted by Crippen LogP contribution is -2.66. The van der Waals surface area contributed by atoms with Crippen molar-refractivity contribution in [1.82, 2.24) is 5.32 Å². The van der Waals surface area contributed by atoms with Gasteiger partial charge in [-0.05, 0) is 51.4 Å². The molecule has 3 aliphatic heterocycles. The molecule has 3 aliphatic rings. The van der Waals surface area contributed by atoms with Crippen molar-refractivity contribution >= 4 is 5.91 Å². The molecule has 0 radical (unpaired) electrons. The summed E-state index contributed by atoms with van der Waals surface area (Å²) in [6.07, 6.45) is 7.22. The first kappa shape index (κ1) is 62.3. The Labute approximate surface area is 415 Å². The van der Waals surface area contributed by atoms with Crippen LogP contribution in [-0.4, -0.2) is 193 Å². The summed E-state index contributed by atoms with van der Waals surface area (Å²) in [6, 6.07) is -0.976. The molecular formula is C51H91NO18. The molecule has 12 N–H and O–H groups in total. The Kier molecular flexibility index (Phi) is 32.1. The van der Waals surface area contributed by atoms with E-state index in [4.69, 9.17) is 28.4 Å². The zero-order valence-corrected chi connectivity index (χ0v) is 41.7. The van der Waals surface area contributed by atoms with Gasteiger partial charge in [0.15, 0.2) is 18.9 Å². The van der Waals surface area contributed by atoms with Gasteiger partial charge in [-0.1, -0.05) is 127 Å². The maximum absolute atomic E-state index is 13.2. The molecule has 1 amide bonds. The van der Waals surface area contributed by atoms with E-state index in [1.54, 1.807) is 6.08 Å². The van der Waals surface area contributed by atoms with Crippen molar-refractivity contribution in [2.75, 3.05) is 26.4 Å². The minimum Gasteiger partial charge on any atom is -0.394 e. The number of hydrogen-bond donors (Lipinski definition) is 12. The Balaban J connectivity index is 1.56. The topological polar surface area (TPSA) is 307 Å². The first-order valence-electron chi connectivity index (χ1n) is 26.2. The molecule has 0 aromatic rings. The van der Waals surface area contributed by atoms with E-state index in [2.05, 4.69) is 43.5 Å². The second-order valence-corrected chi connectivity index (χ2v) is 19.0. The summed E-state index contributed by atoms with van der Waals surface area (Å²) in [5.41, 5.74) is 0. The molecule has 0 aliphatic carbocycles. The maximum Gasteiger partial charge on any atom is 0.220 e. The molecule has 3 fully saturated rings. The number of hydrogen-bond acceptors (Lipinski definition) is 18. The molecule has 0 aromatic heterocycles. The third-order valence-corrected chi connectivity index (χ3v) is 13.2. The number of nitrogens with one attached hydrogen (secondary N) is 1. The molecule has 17 atom stereocenters. The third kappa shape index (κ3) is 21.5. The molecule has 17 unspecified atom stereocenters. The van der Waals surface area contributed by atoms with E-state index >= 15 is 0 Å². The van der Waals surface area contributed by atoms with Crippen molar-refractivity contribution in [1.29, 1.82) is 0 Å². The summed E-state index contributed by atoms with van der Waals surface area (Å²) in [4.78, 5) is 13.2. The summed E-state index contributed by atoms with van der Waals surface area (Å²) in [5.74, 6) is -0.295. The van der Waals surface area contributed by atoms with E-state index in [9.17, 15) is 61.0 Å². The van der Waals surface area contributed by atoms with Gasteiger partial charge in [0.1, 0.15) is 73.2 Å². The van der Waals surface area contributed by atoms with Crippen molar-refractivity contribution in [2.24, 2.45) is 0 Å². The molecule has 0 bridgehead atoms. The van der Waals surface area contributed by atoms with Crippen molar-refractivity contribution in [3.63, 3.8) is 0 Å². The molecular weight excluding hydrogens is 915 g/mol. The van der Waals surface area contributed by atoms with E-state index in [0.29, 0.717) is 6.42 Å². The van der Waals surface area contributed by atoms with Gasteiger partial charge in [0.25, 0.3) is 0 Å². The van der Waals surface area contributed by atoms with Crippen LogP contribution in [0.1, 0.15) is 149 Å². The van der Waals surface area contributed by atoms with Crippen LogP contribution in [0.5, 0.6) is 0 Å². The Bertz CT molecular complexity index is 1440. The van der Waals surface area contributed by atoms with Gasteiger partial charge in [0.05, 0.1) is 38.6 Å². The van der Waals surface area contributed by atoms with Crippen molar-refractivity contribution in [3.8, 4) is 0 Å². The quantitative estimate of drug-likeness (QED) is 0.0316. The van der Waals surface area contributed by atoms with Crippen molar-refractivity contribution < 1.29 is 89.4 Å². The first-order valence-corrected chi connectivity index (χ1v) is 26.2. The number of aliphatic hydroxyl groups excluding tert-OH is 11. The molecule has 0 aromatic carbocycles. The zero-order chi connectivity index (χ0) is 51.3. The number of rotatable bonds is 36. The van der Waals surface area contributed by atoms with Crippen LogP contribution in [0.25, 0.3) is 0 Å². The van der Waals surface area contributed by atoms with Crippen LogP contribution in [0, 0.1) is 0 Å². The molecule has 0 spiro atoms. The van der Waals surface area contributed by atoms with Crippen LogP contribution in [0.15, 0.2) is 36.5 Å². The first-order chi connectivity index (χ1) is 33.8. The fourth-order valence-corrected chi connectivity index (χ4v) is 8.75. The third-order valence-electron chi connectivity index (χ3n) is 13.2. The number of aliphatic hydroxyl groups is 11. The van der Waals surface area contributed by atoms with Crippen molar-refractivity contribution in [3.05, 3.63) is 36.5 Å². The lowest BCUT2D eigenvalue weighted by molar-refractivity contribution is -0.379. The van der Waals surface area contributed by atoms with Crippen LogP contribution in [0.3, 0.4) is 0 Å². The standard InChI is InChI=1S/C51H91NO18/c1-3-5-7-9-11-13-15-16-17-18-19-21-23-25-27-29-39(57)52-34(35(56)28-26-24-22-20-14-12-10-8-6-4-2)33-65-49-45(63)42(60)47(37(31-54)67-49)70-51-46(64)43(61)48(38(32-55)68-51)69-50-44(62)41(59)40(58)36(30-53)66-50/h11,13,16-17,26,28,34-38,40-51,53-56,58-64H,3-10,12,14-15,18-25,27,29-33H2,1-2H3,(H,52,57)/b13-11-,17-16-,28-26+. The van der Waals surface area contributed by atoms with Gasteiger partial charge in [-0.3, -0.25) is 4.79 Å². The summed E-state index contributed by atoms with van der Waals surface area (Å²) in [7, 11) is 0. The van der Waals surface area contributed by atoms with Gasteiger partial charge in [0, 0.05) is 6.42 Å². The number of carbonyl (C=O) groups excluding carboxylic acids is 1. The number of amides is 1. The number of allylic oxidation sites excluding steroid dienone is 5. The molecule has 70 heavy (non-hydrogen) atoms. The summed E-state index contributed by atoms with van der Waals surface area (Å²) in [6.45, 7) is 1.61. The van der Waals surface area contributed by atoms with Gasteiger partial charge in [-0.25, -0.2) is 0 Å². The van der Waals surface area contributed by atoms with E-state index in [1.807, 2.05) is 6.08 Å². The van der Waals surface area contributed by atoms with E-state index < -0.39 is 124 Å². The summed E-state index contributed by atoms with van der Waals surface area (Å²) >= 11 is 0. The number of carbonyl (C=O) groups is 1. The second-order valence-electron chi connectivity index (χ2n) is 19.0. The summed E-state index contributed by atoms with van der Waals surface area (Å²) < 4.78 is 34.1. The molecule has 19 nitrogen and oxygen atoms in total. The van der Waals surface area contributed by atoms with Crippen LogP contribution in [0.2, 0.25) is 0 Å². The average Bonchev–Trinajstić information content (AvgIpc) is 3.35. The number of ether oxygens (including phenoxy) is 6. The summed E-state index contributed by atoms with van der Waals surface area (Å²) in [5, 5.41) is 119. The highest BCUT2D eigenvalue weighted by Gasteiger charge is 2.53. The minimum atomic E-state index is -1.98. The van der Waals surface area contributed by atoms with Gasteiger partial charge < -0.3 is 89.9 Å². The Morgan fingerprint density at radius 3 is 1.49 bits per heavy atom. The lowest BCUT2D eigenvalue weighted by Gasteiger charge is -2.48.